The molecule has 0 atom stereocenters. The Morgan fingerprint density at radius 1 is 1.04 bits per heavy atom. The SMILES string of the molecule is Cn1c(=O)n(CC(=O)Nc2ccc(N3CCOCC3)cc2)c2ccccc21. The highest BCUT2D eigenvalue weighted by atomic mass is 16.5. The molecular formula is C20H22N4O3. The van der Waals surface area contributed by atoms with Crippen LogP contribution in [0.3, 0.4) is 0 Å². The van der Waals surface area contributed by atoms with E-state index in [9.17, 15) is 9.59 Å². The summed E-state index contributed by atoms with van der Waals surface area (Å²) in [5.74, 6) is -0.229. The molecule has 0 bridgehead atoms. The molecule has 0 unspecified atom stereocenters. The molecule has 1 N–H and O–H groups in total. The second-order valence-corrected chi connectivity index (χ2v) is 6.61. The van der Waals surface area contributed by atoms with Gasteiger partial charge in [-0.3, -0.25) is 13.9 Å². The van der Waals surface area contributed by atoms with Crippen LogP contribution in [0.15, 0.2) is 53.3 Å². The number of ether oxygens (including phenoxy) is 1. The minimum atomic E-state index is -0.229. The van der Waals surface area contributed by atoms with E-state index in [1.165, 1.54) is 4.57 Å². The quantitative estimate of drug-likeness (QED) is 0.765. The Kier molecular flexibility index (Phi) is 4.68. The Labute approximate surface area is 156 Å². The van der Waals surface area contributed by atoms with Gasteiger partial charge in [-0.25, -0.2) is 4.79 Å². The molecule has 140 valence electrons. The number of nitrogens with zero attached hydrogens (tertiary/aromatic N) is 3. The summed E-state index contributed by atoms with van der Waals surface area (Å²) >= 11 is 0. The van der Waals surface area contributed by atoms with Crippen molar-refractivity contribution in [3.05, 3.63) is 59.0 Å². The van der Waals surface area contributed by atoms with Crippen LogP contribution in [0.4, 0.5) is 11.4 Å². The third kappa shape index (κ3) is 3.46. The maximum atomic E-state index is 12.5. The zero-order chi connectivity index (χ0) is 18.8. The molecule has 2 heterocycles. The maximum Gasteiger partial charge on any atom is 0.329 e. The van der Waals surface area contributed by atoms with E-state index in [0.29, 0.717) is 5.69 Å². The standard InChI is InChI=1S/C20H22N4O3/c1-22-17-4-2-3-5-18(17)24(20(22)26)14-19(25)21-15-6-8-16(9-7-15)23-10-12-27-13-11-23/h2-9H,10-14H2,1H3,(H,21,25). The van der Waals surface area contributed by atoms with Gasteiger partial charge in [-0.15, -0.1) is 0 Å². The predicted octanol–water partition coefficient (Wildman–Crippen LogP) is 1.82. The van der Waals surface area contributed by atoms with Gasteiger partial charge in [0.25, 0.3) is 0 Å². The van der Waals surface area contributed by atoms with Crippen molar-refractivity contribution in [1.82, 2.24) is 9.13 Å². The van der Waals surface area contributed by atoms with Gasteiger partial charge in [0.2, 0.25) is 5.91 Å². The van der Waals surface area contributed by atoms with E-state index in [4.69, 9.17) is 4.74 Å². The summed E-state index contributed by atoms with van der Waals surface area (Å²) in [7, 11) is 1.71. The average Bonchev–Trinajstić information content (AvgIpc) is 2.94. The van der Waals surface area contributed by atoms with Crippen molar-refractivity contribution in [3.8, 4) is 0 Å². The molecule has 1 fully saturated rings. The van der Waals surface area contributed by atoms with E-state index >= 15 is 0 Å². The van der Waals surface area contributed by atoms with Crippen LogP contribution in [0.2, 0.25) is 0 Å². The van der Waals surface area contributed by atoms with Gasteiger partial charge in [-0.05, 0) is 36.4 Å². The number of amides is 1. The Bertz CT molecular complexity index is 1010. The number of carbonyl (C=O) groups excluding carboxylic acids is 1. The number of para-hydroxylation sites is 2. The molecule has 1 aliphatic rings. The number of fused-ring (bicyclic) bond motifs is 1. The van der Waals surface area contributed by atoms with Crippen LogP contribution in [0.5, 0.6) is 0 Å². The normalized spacial score (nSPS) is 14.5. The third-order valence-electron chi connectivity index (χ3n) is 4.88. The van der Waals surface area contributed by atoms with Crippen molar-refractivity contribution in [2.24, 2.45) is 7.05 Å². The van der Waals surface area contributed by atoms with Crippen LogP contribution in [-0.4, -0.2) is 41.3 Å². The lowest BCUT2D eigenvalue weighted by Crippen LogP contribution is -2.36. The highest BCUT2D eigenvalue weighted by molar-refractivity contribution is 5.91. The predicted molar refractivity (Wildman–Crippen MR) is 105 cm³/mol. The monoisotopic (exact) mass is 366 g/mol. The number of hydrogen-bond donors (Lipinski definition) is 1. The molecule has 1 aliphatic heterocycles. The molecule has 0 saturated carbocycles. The summed E-state index contributed by atoms with van der Waals surface area (Å²) in [6.07, 6.45) is 0. The van der Waals surface area contributed by atoms with E-state index in [2.05, 4.69) is 10.2 Å². The number of hydrogen-bond acceptors (Lipinski definition) is 4. The summed E-state index contributed by atoms with van der Waals surface area (Å²) < 4.78 is 8.42. The van der Waals surface area contributed by atoms with Crippen molar-refractivity contribution in [2.45, 2.75) is 6.54 Å². The molecule has 1 saturated heterocycles. The first-order valence-corrected chi connectivity index (χ1v) is 9.00. The number of aromatic nitrogens is 2. The lowest BCUT2D eigenvalue weighted by atomic mass is 10.2. The zero-order valence-corrected chi connectivity index (χ0v) is 15.2. The fourth-order valence-corrected chi connectivity index (χ4v) is 3.44. The fraction of sp³-hybridized carbons (Fsp3) is 0.300. The molecule has 0 radical (unpaired) electrons. The number of aryl methyl sites for hydroxylation is 1. The van der Waals surface area contributed by atoms with Crippen molar-refractivity contribution >= 4 is 28.3 Å². The number of imidazole rings is 1. The summed E-state index contributed by atoms with van der Waals surface area (Å²) in [6, 6.07) is 15.2. The van der Waals surface area contributed by atoms with Gasteiger partial charge in [0.15, 0.2) is 0 Å². The van der Waals surface area contributed by atoms with Crippen LogP contribution in [0.1, 0.15) is 0 Å². The summed E-state index contributed by atoms with van der Waals surface area (Å²) in [6.45, 7) is 3.19. The number of rotatable bonds is 4. The van der Waals surface area contributed by atoms with Gasteiger partial charge < -0.3 is 15.0 Å². The van der Waals surface area contributed by atoms with E-state index in [-0.39, 0.29) is 18.1 Å². The van der Waals surface area contributed by atoms with Crippen molar-refractivity contribution in [3.63, 3.8) is 0 Å². The Balaban J connectivity index is 1.47. The van der Waals surface area contributed by atoms with Crippen LogP contribution in [0, 0.1) is 0 Å². The lowest BCUT2D eigenvalue weighted by molar-refractivity contribution is -0.116. The summed E-state index contributed by atoms with van der Waals surface area (Å²) in [5.41, 5.74) is 3.19. The lowest BCUT2D eigenvalue weighted by Gasteiger charge is -2.28. The fourth-order valence-electron chi connectivity index (χ4n) is 3.44. The highest BCUT2D eigenvalue weighted by Crippen LogP contribution is 2.19. The molecule has 7 heteroatoms. The first kappa shape index (κ1) is 17.4. The van der Waals surface area contributed by atoms with Crippen LogP contribution >= 0.6 is 0 Å². The molecule has 1 aromatic heterocycles. The van der Waals surface area contributed by atoms with Crippen LogP contribution in [-0.2, 0) is 23.1 Å². The van der Waals surface area contributed by atoms with Crippen molar-refractivity contribution < 1.29 is 9.53 Å². The molecule has 4 rings (SSSR count). The first-order chi connectivity index (χ1) is 13.1. The van der Waals surface area contributed by atoms with Crippen molar-refractivity contribution in [1.29, 1.82) is 0 Å². The van der Waals surface area contributed by atoms with Crippen molar-refractivity contribution in [2.75, 3.05) is 36.5 Å². The molecular weight excluding hydrogens is 344 g/mol. The van der Waals surface area contributed by atoms with E-state index in [1.54, 1.807) is 11.6 Å². The second kappa shape index (κ2) is 7.28. The van der Waals surface area contributed by atoms with Gasteiger partial charge >= 0.3 is 5.69 Å². The molecule has 7 nitrogen and oxygen atoms in total. The summed E-state index contributed by atoms with van der Waals surface area (Å²) in [5, 5.41) is 2.87. The molecule has 1 amide bonds. The summed E-state index contributed by atoms with van der Waals surface area (Å²) in [4.78, 5) is 27.1. The number of anilines is 2. The van der Waals surface area contributed by atoms with E-state index in [1.807, 2.05) is 48.5 Å². The van der Waals surface area contributed by atoms with Gasteiger partial charge in [0.1, 0.15) is 6.54 Å². The molecule has 27 heavy (non-hydrogen) atoms. The number of morpholine rings is 1. The van der Waals surface area contributed by atoms with Crippen LogP contribution in [0.25, 0.3) is 11.0 Å². The zero-order valence-electron chi connectivity index (χ0n) is 15.2. The smallest absolute Gasteiger partial charge is 0.329 e. The number of nitrogens with one attached hydrogen (secondary N) is 1. The average molecular weight is 366 g/mol. The largest absolute Gasteiger partial charge is 0.378 e. The van der Waals surface area contributed by atoms with Gasteiger partial charge in [-0.1, -0.05) is 12.1 Å². The molecule has 2 aromatic carbocycles. The minimum Gasteiger partial charge on any atom is -0.378 e. The minimum absolute atomic E-state index is 0.0224. The van der Waals surface area contributed by atoms with Crippen LogP contribution < -0.4 is 15.9 Å². The van der Waals surface area contributed by atoms with Gasteiger partial charge in [0, 0.05) is 31.5 Å². The third-order valence-corrected chi connectivity index (χ3v) is 4.88. The highest BCUT2D eigenvalue weighted by Gasteiger charge is 2.14. The molecule has 0 spiro atoms. The van der Waals surface area contributed by atoms with Gasteiger partial charge in [0.05, 0.1) is 24.2 Å². The Morgan fingerprint density at radius 2 is 1.70 bits per heavy atom. The maximum absolute atomic E-state index is 12.5. The first-order valence-electron chi connectivity index (χ1n) is 9.00. The number of carbonyl (C=O) groups is 1. The molecule has 0 aliphatic carbocycles. The topological polar surface area (TPSA) is 68.5 Å². The molecule has 3 aromatic rings. The van der Waals surface area contributed by atoms with E-state index in [0.717, 1.165) is 43.0 Å². The van der Waals surface area contributed by atoms with Gasteiger partial charge in [-0.2, -0.15) is 0 Å². The second-order valence-electron chi connectivity index (χ2n) is 6.61. The Morgan fingerprint density at radius 3 is 2.41 bits per heavy atom. The Hall–Kier alpha value is -3.06. The van der Waals surface area contributed by atoms with E-state index < -0.39 is 0 Å². The number of benzene rings is 2.